The van der Waals surface area contributed by atoms with E-state index in [1.807, 2.05) is 0 Å². The van der Waals surface area contributed by atoms with Crippen molar-refractivity contribution < 1.29 is 27.2 Å². The molecule has 0 saturated carbocycles. The number of hydrogen-bond acceptors (Lipinski definition) is 4. The van der Waals surface area contributed by atoms with Crippen LogP contribution < -0.4 is 0 Å². The Bertz CT molecular complexity index is 1090. The molecule has 0 aromatic carbocycles. The molecule has 4 rings (SSSR count). The number of amides is 2. The molecule has 7 nitrogen and oxygen atoms in total. The number of nitrogens with zero attached hydrogens (tertiary/aromatic N) is 4. The van der Waals surface area contributed by atoms with Gasteiger partial charge in [0.2, 0.25) is 5.91 Å². The van der Waals surface area contributed by atoms with Crippen LogP contribution in [0.5, 0.6) is 0 Å². The highest BCUT2D eigenvalue weighted by Gasteiger charge is 2.32. The number of halogens is 4. The van der Waals surface area contributed by atoms with Crippen LogP contribution in [0.2, 0.25) is 5.02 Å². The van der Waals surface area contributed by atoms with Gasteiger partial charge in [0.15, 0.2) is 11.4 Å². The molecule has 0 bridgehead atoms. The number of carbonyl (C=O) groups is 2. The molecule has 0 spiro atoms. The SMILES string of the molecule is O=C(Cc1cn2cc(C(F)(F)F)cc(Cl)c2n1)N1CCN(C(=O)c2ccco2)CC1. The molecule has 1 fully saturated rings. The van der Waals surface area contributed by atoms with Crippen molar-refractivity contribution in [1.82, 2.24) is 19.2 Å². The molecular weight excluding hydrogens is 425 g/mol. The monoisotopic (exact) mass is 440 g/mol. The topological polar surface area (TPSA) is 71.1 Å². The summed E-state index contributed by atoms with van der Waals surface area (Å²) in [7, 11) is 0. The fourth-order valence-electron chi connectivity index (χ4n) is 3.33. The summed E-state index contributed by atoms with van der Waals surface area (Å²) in [5.74, 6) is -0.215. The second kappa shape index (κ2) is 7.67. The molecule has 1 aliphatic rings. The lowest BCUT2D eigenvalue weighted by molar-refractivity contribution is -0.138. The van der Waals surface area contributed by atoms with Crippen LogP contribution in [0.1, 0.15) is 21.8 Å². The van der Waals surface area contributed by atoms with E-state index in [1.54, 1.807) is 21.9 Å². The highest BCUT2D eigenvalue weighted by molar-refractivity contribution is 6.33. The van der Waals surface area contributed by atoms with Crippen molar-refractivity contribution in [1.29, 1.82) is 0 Å². The van der Waals surface area contributed by atoms with E-state index in [4.69, 9.17) is 16.0 Å². The number of hydrogen-bond donors (Lipinski definition) is 0. The molecule has 2 amide bonds. The molecule has 0 atom stereocenters. The summed E-state index contributed by atoms with van der Waals surface area (Å²) >= 11 is 5.93. The summed E-state index contributed by atoms with van der Waals surface area (Å²) in [6, 6.07) is 4.02. The fourth-order valence-corrected chi connectivity index (χ4v) is 3.59. The second-order valence-corrected chi connectivity index (χ2v) is 7.27. The van der Waals surface area contributed by atoms with Gasteiger partial charge in [-0.1, -0.05) is 11.6 Å². The minimum absolute atomic E-state index is 0.0779. The van der Waals surface area contributed by atoms with E-state index >= 15 is 0 Å². The van der Waals surface area contributed by atoms with E-state index in [0.717, 1.165) is 12.3 Å². The number of imidazole rings is 1. The average Bonchev–Trinajstić information content (AvgIpc) is 3.36. The van der Waals surface area contributed by atoms with Gasteiger partial charge >= 0.3 is 6.18 Å². The number of pyridine rings is 1. The standard InChI is InChI=1S/C19H16ClF3N4O3/c20-14-8-12(19(21,22)23)10-27-11-13(24-17(14)27)9-16(28)25-3-5-26(6-4-25)18(29)15-2-1-7-30-15/h1-2,7-8,10-11H,3-6,9H2. The normalized spacial score (nSPS) is 15.1. The molecule has 0 N–H and O–H groups in total. The molecule has 3 aromatic rings. The van der Waals surface area contributed by atoms with Crippen molar-refractivity contribution in [3.63, 3.8) is 0 Å². The maximum absolute atomic E-state index is 12.9. The van der Waals surface area contributed by atoms with Gasteiger partial charge in [-0.25, -0.2) is 4.98 Å². The van der Waals surface area contributed by atoms with Gasteiger partial charge in [-0.15, -0.1) is 0 Å². The summed E-state index contributed by atoms with van der Waals surface area (Å²) < 4.78 is 45.1. The Morgan fingerprint density at radius 2 is 1.83 bits per heavy atom. The molecule has 0 aliphatic carbocycles. The number of piperazine rings is 1. The van der Waals surface area contributed by atoms with E-state index in [2.05, 4.69) is 4.98 Å². The van der Waals surface area contributed by atoms with E-state index in [-0.39, 0.29) is 34.7 Å². The third-order valence-electron chi connectivity index (χ3n) is 4.87. The van der Waals surface area contributed by atoms with E-state index in [0.29, 0.717) is 31.9 Å². The first kappa shape index (κ1) is 20.3. The summed E-state index contributed by atoms with van der Waals surface area (Å²) in [5.41, 5.74) is -0.427. The van der Waals surface area contributed by atoms with Crippen molar-refractivity contribution in [2.24, 2.45) is 0 Å². The zero-order valence-electron chi connectivity index (χ0n) is 15.5. The molecule has 4 heterocycles. The zero-order chi connectivity index (χ0) is 21.5. The maximum atomic E-state index is 12.9. The van der Waals surface area contributed by atoms with E-state index in [9.17, 15) is 22.8 Å². The number of carbonyl (C=O) groups excluding carboxylic acids is 2. The first-order chi connectivity index (χ1) is 14.2. The van der Waals surface area contributed by atoms with Crippen LogP contribution in [0.25, 0.3) is 5.65 Å². The Morgan fingerprint density at radius 3 is 2.47 bits per heavy atom. The van der Waals surface area contributed by atoms with Gasteiger partial charge in [0.25, 0.3) is 5.91 Å². The molecular formula is C19H16ClF3N4O3. The molecule has 158 valence electrons. The summed E-state index contributed by atoms with van der Waals surface area (Å²) in [6.07, 6.45) is -0.936. The molecule has 30 heavy (non-hydrogen) atoms. The Balaban J connectivity index is 1.41. The number of fused-ring (bicyclic) bond motifs is 1. The number of furan rings is 1. The Morgan fingerprint density at radius 1 is 1.13 bits per heavy atom. The first-order valence-electron chi connectivity index (χ1n) is 9.07. The third kappa shape index (κ3) is 4.00. The number of aromatic nitrogens is 2. The molecule has 3 aromatic heterocycles. The van der Waals surface area contributed by atoms with Crippen molar-refractivity contribution in [2.75, 3.05) is 26.2 Å². The Kier molecular flexibility index (Phi) is 5.19. The lowest BCUT2D eigenvalue weighted by atomic mass is 10.2. The van der Waals surface area contributed by atoms with Crippen LogP contribution in [0.4, 0.5) is 13.2 Å². The first-order valence-corrected chi connectivity index (χ1v) is 9.45. The van der Waals surface area contributed by atoms with E-state index < -0.39 is 11.7 Å². The molecule has 0 unspecified atom stereocenters. The molecule has 1 aliphatic heterocycles. The fraction of sp³-hybridized carbons (Fsp3) is 0.316. The van der Waals surface area contributed by atoms with Crippen molar-refractivity contribution in [3.8, 4) is 0 Å². The van der Waals surface area contributed by atoms with Gasteiger partial charge in [0, 0.05) is 38.6 Å². The van der Waals surface area contributed by atoms with Gasteiger partial charge in [-0.3, -0.25) is 9.59 Å². The van der Waals surface area contributed by atoms with Crippen molar-refractivity contribution in [3.05, 3.63) is 58.9 Å². The third-order valence-corrected chi connectivity index (χ3v) is 5.15. The zero-order valence-corrected chi connectivity index (χ0v) is 16.3. The van der Waals surface area contributed by atoms with Crippen LogP contribution in [0.15, 0.2) is 41.3 Å². The van der Waals surface area contributed by atoms with Crippen molar-refractivity contribution in [2.45, 2.75) is 12.6 Å². The highest BCUT2D eigenvalue weighted by Crippen LogP contribution is 2.32. The van der Waals surface area contributed by atoms with Crippen LogP contribution in [-0.2, 0) is 17.4 Å². The van der Waals surface area contributed by atoms with E-state index in [1.165, 1.54) is 16.9 Å². The minimum atomic E-state index is -4.54. The van der Waals surface area contributed by atoms with Gasteiger partial charge in [-0.05, 0) is 18.2 Å². The summed E-state index contributed by atoms with van der Waals surface area (Å²) in [4.78, 5) is 32.3. The Hall–Kier alpha value is -3.01. The lowest BCUT2D eigenvalue weighted by Crippen LogP contribution is -2.50. The smallest absolute Gasteiger partial charge is 0.417 e. The van der Waals surface area contributed by atoms with Gasteiger partial charge in [-0.2, -0.15) is 13.2 Å². The lowest BCUT2D eigenvalue weighted by Gasteiger charge is -2.34. The van der Waals surface area contributed by atoms with Crippen LogP contribution in [0, 0.1) is 0 Å². The highest BCUT2D eigenvalue weighted by atomic mass is 35.5. The quantitative estimate of drug-likeness (QED) is 0.627. The summed E-state index contributed by atoms with van der Waals surface area (Å²) in [6.45, 7) is 1.41. The number of alkyl halides is 3. The minimum Gasteiger partial charge on any atom is -0.459 e. The molecule has 1 saturated heterocycles. The predicted octanol–water partition coefficient (Wildman–Crippen LogP) is 3.13. The van der Waals surface area contributed by atoms with Crippen molar-refractivity contribution >= 4 is 29.1 Å². The van der Waals surface area contributed by atoms with Gasteiger partial charge in [0.1, 0.15) is 0 Å². The summed E-state index contributed by atoms with van der Waals surface area (Å²) in [5, 5.41) is -0.145. The van der Waals surface area contributed by atoms with Crippen LogP contribution >= 0.6 is 11.6 Å². The van der Waals surface area contributed by atoms with Crippen LogP contribution in [-0.4, -0.2) is 57.2 Å². The van der Waals surface area contributed by atoms with Gasteiger partial charge in [0.05, 0.1) is 29.0 Å². The predicted molar refractivity (Wildman–Crippen MR) is 100 cm³/mol. The number of rotatable bonds is 3. The Labute approximate surface area is 173 Å². The largest absolute Gasteiger partial charge is 0.459 e. The second-order valence-electron chi connectivity index (χ2n) is 6.86. The maximum Gasteiger partial charge on any atom is 0.417 e. The van der Waals surface area contributed by atoms with Gasteiger partial charge < -0.3 is 18.6 Å². The van der Waals surface area contributed by atoms with Crippen LogP contribution in [0.3, 0.4) is 0 Å². The average molecular weight is 441 g/mol. The molecule has 0 radical (unpaired) electrons. The molecule has 11 heteroatoms.